The Kier molecular flexibility index (Phi) is 8.59. The number of hydrogen-bond donors (Lipinski definition) is 1. The average molecular weight is 616 g/mol. The van der Waals surface area contributed by atoms with Crippen LogP contribution in [0.3, 0.4) is 0 Å². The number of fused-ring (bicyclic) bond motifs is 1. The summed E-state index contributed by atoms with van der Waals surface area (Å²) in [5, 5.41) is 9.43. The number of aromatic nitrogens is 1. The summed E-state index contributed by atoms with van der Waals surface area (Å²) in [6.07, 6.45) is 1.63. The lowest BCUT2D eigenvalue weighted by Crippen LogP contribution is -2.43. The van der Waals surface area contributed by atoms with Gasteiger partial charge in [0, 0.05) is 30.3 Å². The molecule has 0 spiro atoms. The number of benzene rings is 2. The third-order valence-corrected chi connectivity index (χ3v) is 8.67. The number of carboxylic acids is 1. The average Bonchev–Trinajstić information content (AvgIpc) is 3.60. The van der Waals surface area contributed by atoms with Crippen molar-refractivity contribution >= 4 is 29.3 Å². The SMILES string of the molecule is CCN(CC)C(=O)C1=C(C)N=c2s/c(=C/c3ccc(-c4cc(C(=O)O)ccc4C)o3)c(=O)n2[C@@H]1c1cc(OC)ccc1OC. The fraction of sp³-hybridized carbons (Fsp3) is 0.273. The summed E-state index contributed by atoms with van der Waals surface area (Å²) >= 11 is 1.19. The van der Waals surface area contributed by atoms with Crippen molar-refractivity contribution in [3.05, 3.63) is 102 Å². The van der Waals surface area contributed by atoms with E-state index in [-0.39, 0.29) is 17.0 Å². The number of hydrogen-bond acceptors (Lipinski definition) is 8. The lowest BCUT2D eigenvalue weighted by molar-refractivity contribution is -0.127. The van der Waals surface area contributed by atoms with E-state index in [1.54, 1.807) is 80.7 Å². The highest BCUT2D eigenvalue weighted by molar-refractivity contribution is 7.07. The van der Waals surface area contributed by atoms with E-state index >= 15 is 0 Å². The van der Waals surface area contributed by atoms with Crippen molar-refractivity contribution in [2.75, 3.05) is 27.3 Å². The van der Waals surface area contributed by atoms with Crippen LogP contribution in [0, 0.1) is 6.92 Å². The number of amides is 1. The minimum atomic E-state index is -1.03. The molecule has 0 saturated carbocycles. The van der Waals surface area contributed by atoms with Gasteiger partial charge in [-0.05, 0) is 75.7 Å². The standard InChI is InChI=1S/C33H33N3O7S/c1-7-35(8-2)31(38)28-19(4)34-33-36(29(28)24-16-21(41-5)11-13-25(24)42-6)30(37)27(44-33)17-22-12-14-26(43-22)23-15-20(32(39)40)10-9-18(23)3/h9-17,29H,7-8H2,1-6H3,(H,39,40)/b27-17+/t29-/m1/s1. The second kappa shape index (κ2) is 12.4. The zero-order chi connectivity index (χ0) is 31.7. The lowest BCUT2D eigenvalue weighted by atomic mass is 9.93. The summed E-state index contributed by atoms with van der Waals surface area (Å²) in [5.74, 6) is 0.699. The maximum atomic E-state index is 14.1. The number of nitrogens with zero attached hydrogens (tertiary/aromatic N) is 3. The van der Waals surface area contributed by atoms with Gasteiger partial charge in [-0.25, -0.2) is 9.79 Å². The molecular weight excluding hydrogens is 582 g/mol. The molecule has 0 unspecified atom stereocenters. The molecule has 1 aliphatic rings. The molecular formula is C33H33N3O7S. The van der Waals surface area contributed by atoms with Crippen LogP contribution < -0.4 is 24.4 Å². The molecule has 5 rings (SSSR count). The number of likely N-dealkylation sites (N-methyl/N-ethyl adjacent to an activating group) is 1. The third-order valence-electron chi connectivity index (χ3n) is 7.68. The van der Waals surface area contributed by atoms with Gasteiger partial charge in [0.05, 0.1) is 35.6 Å². The largest absolute Gasteiger partial charge is 0.497 e. The lowest BCUT2D eigenvalue weighted by Gasteiger charge is -2.30. The van der Waals surface area contributed by atoms with Crippen LogP contribution in [0.4, 0.5) is 0 Å². The maximum absolute atomic E-state index is 14.1. The minimum absolute atomic E-state index is 0.148. The number of methoxy groups -OCH3 is 2. The van der Waals surface area contributed by atoms with Crippen LogP contribution in [0.25, 0.3) is 17.4 Å². The van der Waals surface area contributed by atoms with E-state index in [9.17, 15) is 19.5 Å². The molecule has 0 aliphatic carbocycles. The van der Waals surface area contributed by atoms with Crippen molar-refractivity contribution in [2.24, 2.45) is 4.99 Å². The highest BCUT2D eigenvalue weighted by Crippen LogP contribution is 2.38. The highest BCUT2D eigenvalue weighted by atomic mass is 32.1. The maximum Gasteiger partial charge on any atom is 0.335 e. The second-order valence-corrected chi connectivity index (χ2v) is 11.2. The summed E-state index contributed by atoms with van der Waals surface area (Å²) in [6.45, 7) is 8.45. The molecule has 228 valence electrons. The molecule has 44 heavy (non-hydrogen) atoms. The monoisotopic (exact) mass is 615 g/mol. The molecule has 2 aromatic carbocycles. The Morgan fingerprint density at radius 3 is 2.48 bits per heavy atom. The Hall–Kier alpha value is -4.90. The molecule has 0 bridgehead atoms. The van der Waals surface area contributed by atoms with Crippen molar-refractivity contribution in [3.63, 3.8) is 0 Å². The third kappa shape index (κ3) is 5.46. The van der Waals surface area contributed by atoms with Gasteiger partial charge in [0.1, 0.15) is 29.1 Å². The molecule has 3 heterocycles. The number of rotatable bonds is 9. The number of ether oxygens (including phenoxy) is 2. The fourth-order valence-corrected chi connectivity index (χ4v) is 6.38. The Morgan fingerprint density at radius 1 is 1.07 bits per heavy atom. The van der Waals surface area contributed by atoms with E-state index in [1.165, 1.54) is 15.9 Å². The number of carbonyl (C=O) groups is 2. The number of thiazole rings is 1. The van der Waals surface area contributed by atoms with Crippen LogP contribution in [0.15, 0.2) is 74.0 Å². The first-order valence-electron chi connectivity index (χ1n) is 14.1. The second-order valence-electron chi connectivity index (χ2n) is 10.2. The van der Waals surface area contributed by atoms with Crippen molar-refractivity contribution in [1.82, 2.24) is 9.47 Å². The number of allylic oxidation sites excluding steroid dienone is 1. The molecule has 1 amide bonds. The van der Waals surface area contributed by atoms with Crippen LogP contribution in [0.1, 0.15) is 54.1 Å². The minimum Gasteiger partial charge on any atom is -0.497 e. The van der Waals surface area contributed by atoms with E-state index in [1.807, 2.05) is 20.8 Å². The van der Waals surface area contributed by atoms with Gasteiger partial charge in [0.15, 0.2) is 4.80 Å². The van der Waals surface area contributed by atoms with Crippen molar-refractivity contribution < 1.29 is 28.6 Å². The normalized spacial score (nSPS) is 14.7. The zero-order valence-corrected chi connectivity index (χ0v) is 26.2. The highest BCUT2D eigenvalue weighted by Gasteiger charge is 2.36. The van der Waals surface area contributed by atoms with Gasteiger partial charge in [0.2, 0.25) is 0 Å². The molecule has 0 radical (unpaired) electrons. The van der Waals surface area contributed by atoms with Crippen LogP contribution in [-0.2, 0) is 4.79 Å². The van der Waals surface area contributed by atoms with Crippen molar-refractivity contribution in [3.8, 4) is 22.8 Å². The van der Waals surface area contributed by atoms with Gasteiger partial charge in [-0.3, -0.25) is 14.2 Å². The van der Waals surface area contributed by atoms with Crippen LogP contribution in [0.5, 0.6) is 11.5 Å². The van der Waals surface area contributed by atoms with E-state index < -0.39 is 12.0 Å². The summed E-state index contributed by atoms with van der Waals surface area (Å²) in [7, 11) is 3.09. The molecule has 10 nitrogen and oxygen atoms in total. The molecule has 0 fully saturated rings. The molecule has 2 aromatic heterocycles. The summed E-state index contributed by atoms with van der Waals surface area (Å²) < 4.78 is 19.2. The van der Waals surface area contributed by atoms with Crippen LogP contribution in [0.2, 0.25) is 0 Å². The van der Waals surface area contributed by atoms with Crippen LogP contribution in [-0.4, -0.2) is 53.8 Å². The molecule has 1 aliphatic heterocycles. The summed E-state index contributed by atoms with van der Waals surface area (Å²) in [5.41, 5.74) is 2.79. The topological polar surface area (TPSA) is 124 Å². The molecule has 0 saturated heterocycles. The van der Waals surface area contributed by atoms with Gasteiger partial charge in [-0.15, -0.1) is 0 Å². The first-order valence-corrected chi connectivity index (χ1v) is 14.9. The van der Waals surface area contributed by atoms with Crippen molar-refractivity contribution in [1.29, 1.82) is 0 Å². The van der Waals surface area contributed by atoms with Gasteiger partial charge in [-0.1, -0.05) is 17.4 Å². The Bertz CT molecular complexity index is 1980. The number of aromatic carboxylic acids is 1. The summed E-state index contributed by atoms with van der Waals surface area (Å²) in [6, 6.07) is 12.8. The first-order chi connectivity index (χ1) is 21.1. The Labute approximate surface area is 257 Å². The molecule has 11 heteroatoms. The van der Waals surface area contributed by atoms with Gasteiger partial charge >= 0.3 is 5.97 Å². The zero-order valence-electron chi connectivity index (χ0n) is 25.3. The first kappa shape index (κ1) is 30.6. The van der Waals surface area contributed by atoms with Crippen molar-refractivity contribution in [2.45, 2.75) is 33.7 Å². The fourth-order valence-electron chi connectivity index (χ4n) is 5.35. The Morgan fingerprint density at radius 2 is 1.82 bits per heavy atom. The van der Waals surface area contributed by atoms with Crippen LogP contribution >= 0.6 is 11.3 Å². The van der Waals surface area contributed by atoms with E-state index in [2.05, 4.69) is 0 Å². The number of carboxylic acid groups (broad SMARTS) is 1. The van der Waals surface area contributed by atoms with E-state index in [0.717, 1.165) is 5.56 Å². The molecule has 4 aromatic rings. The smallest absolute Gasteiger partial charge is 0.335 e. The predicted octanol–water partition coefficient (Wildman–Crippen LogP) is 4.39. The van der Waals surface area contributed by atoms with Gasteiger partial charge in [0.25, 0.3) is 11.5 Å². The van der Waals surface area contributed by atoms with Gasteiger partial charge in [-0.2, -0.15) is 0 Å². The summed E-state index contributed by atoms with van der Waals surface area (Å²) in [4.78, 5) is 46.4. The quantitative estimate of drug-likeness (QED) is 0.296. The van der Waals surface area contributed by atoms with Gasteiger partial charge < -0.3 is 23.9 Å². The predicted molar refractivity (Wildman–Crippen MR) is 167 cm³/mol. The molecule has 1 atom stereocenters. The van der Waals surface area contributed by atoms with E-state index in [4.69, 9.17) is 18.9 Å². The molecule has 1 N–H and O–H groups in total. The van der Waals surface area contributed by atoms with E-state index in [0.29, 0.717) is 67.8 Å². The number of aryl methyl sites for hydroxylation is 1. The Balaban J connectivity index is 1.69. The number of furan rings is 1. The number of carbonyl (C=O) groups excluding carboxylic acids is 1.